The van der Waals surface area contributed by atoms with Gasteiger partial charge in [-0.15, -0.1) is 0 Å². The third-order valence-corrected chi connectivity index (χ3v) is 4.03. The highest BCUT2D eigenvalue weighted by molar-refractivity contribution is 5.64. The molecular weight excluding hydrogens is 192 g/mol. The minimum absolute atomic E-state index is 0.447. The lowest BCUT2D eigenvalue weighted by Gasteiger charge is -2.49. The first kappa shape index (κ1) is 10.7. The molecule has 86 valence electrons. The monoisotopic (exact) mass is 212 g/mol. The van der Waals surface area contributed by atoms with Crippen LogP contribution < -0.4 is 5.32 Å². The van der Waals surface area contributed by atoms with Crippen LogP contribution in [0.15, 0.2) is 0 Å². The number of carboxylic acid groups (broad SMARTS) is 1. The molecule has 15 heavy (non-hydrogen) atoms. The zero-order valence-corrected chi connectivity index (χ0v) is 9.28. The molecule has 0 aromatic heterocycles. The Kier molecular flexibility index (Phi) is 3.14. The van der Waals surface area contributed by atoms with Gasteiger partial charge in [0, 0.05) is 19.1 Å². The summed E-state index contributed by atoms with van der Waals surface area (Å²) in [6.07, 6.45) is 2.85. The van der Waals surface area contributed by atoms with Gasteiger partial charge >= 0.3 is 6.09 Å². The van der Waals surface area contributed by atoms with Gasteiger partial charge in [-0.2, -0.15) is 0 Å². The molecule has 0 saturated carbocycles. The maximum absolute atomic E-state index is 10.4. The summed E-state index contributed by atoms with van der Waals surface area (Å²) in [7, 11) is 0. The molecule has 0 aromatic carbocycles. The summed E-state index contributed by atoms with van der Waals surface area (Å²) < 4.78 is 0. The number of piperidine rings is 3. The van der Waals surface area contributed by atoms with E-state index in [-0.39, 0.29) is 0 Å². The molecule has 1 amide bonds. The van der Waals surface area contributed by atoms with Gasteiger partial charge in [0.05, 0.1) is 0 Å². The molecule has 3 heterocycles. The molecule has 2 N–H and O–H groups in total. The van der Waals surface area contributed by atoms with Gasteiger partial charge in [0.15, 0.2) is 0 Å². The van der Waals surface area contributed by atoms with Gasteiger partial charge in [-0.25, -0.2) is 4.79 Å². The number of nitrogens with one attached hydrogen (secondary N) is 1. The lowest BCUT2D eigenvalue weighted by molar-refractivity contribution is 0.000845. The van der Waals surface area contributed by atoms with Crippen molar-refractivity contribution in [1.29, 1.82) is 0 Å². The Morgan fingerprint density at radius 2 is 2.40 bits per heavy atom. The van der Waals surface area contributed by atoms with E-state index < -0.39 is 6.09 Å². The van der Waals surface area contributed by atoms with Gasteiger partial charge in [0.2, 0.25) is 0 Å². The van der Waals surface area contributed by atoms with Crippen LogP contribution in [0, 0.1) is 11.8 Å². The molecule has 4 heteroatoms. The lowest BCUT2D eigenvalue weighted by Crippen LogP contribution is -2.56. The molecule has 0 radical (unpaired) electrons. The van der Waals surface area contributed by atoms with Crippen molar-refractivity contribution in [2.45, 2.75) is 32.2 Å². The largest absolute Gasteiger partial charge is 0.465 e. The standard InChI is InChI=1S/C11H20N2O2/c1-2-8-7-13-4-3-9(8)5-10(13)6-12-11(14)15/h8-10,12H,2-7H2,1H3,(H,14,15)/t8-,9-,10-/m0/s1. The summed E-state index contributed by atoms with van der Waals surface area (Å²) >= 11 is 0. The summed E-state index contributed by atoms with van der Waals surface area (Å²) in [5, 5.41) is 11.1. The fraction of sp³-hybridized carbons (Fsp3) is 0.909. The summed E-state index contributed by atoms with van der Waals surface area (Å²) in [5.41, 5.74) is 0. The molecule has 3 saturated heterocycles. The number of carbonyl (C=O) groups is 1. The summed E-state index contributed by atoms with van der Waals surface area (Å²) in [6, 6.07) is 0.447. The molecule has 3 aliphatic heterocycles. The molecule has 2 bridgehead atoms. The Balaban J connectivity index is 1.87. The number of hydrogen-bond donors (Lipinski definition) is 2. The number of nitrogens with zero attached hydrogens (tertiary/aromatic N) is 1. The van der Waals surface area contributed by atoms with Crippen LogP contribution >= 0.6 is 0 Å². The van der Waals surface area contributed by atoms with E-state index in [1.54, 1.807) is 0 Å². The first-order chi connectivity index (χ1) is 7.20. The van der Waals surface area contributed by atoms with Gasteiger partial charge in [-0.3, -0.25) is 4.90 Å². The fourth-order valence-corrected chi connectivity index (χ4v) is 3.13. The van der Waals surface area contributed by atoms with Gasteiger partial charge in [-0.1, -0.05) is 13.3 Å². The van der Waals surface area contributed by atoms with E-state index in [2.05, 4.69) is 17.1 Å². The van der Waals surface area contributed by atoms with Crippen molar-refractivity contribution in [3.8, 4) is 0 Å². The minimum Gasteiger partial charge on any atom is -0.465 e. The van der Waals surface area contributed by atoms with Crippen LogP contribution in [0.25, 0.3) is 0 Å². The molecule has 3 aliphatic rings. The van der Waals surface area contributed by atoms with Gasteiger partial charge in [0.25, 0.3) is 0 Å². The molecule has 3 rings (SSSR count). The average molecular weight is 212 g/mol. The summed E-state index contributed by atoms with van der Waals surface area (Å²) in [4.78, 5) is 12.9. The van der Waals surface area contributed by atoms with Crippen LogP contribution in [-0.2, 0) is 0 Å². The van der Waals surface area contributed by atoms with E-state index in [4.69, 9.17) is 5.11 Å². The van der Waals surface area contributed by atoms with Gasteiger partial charge < -0.3 is 10.4 Å². The summed E-state index contributed by atoms with van der Waals surface area (Å²) in [5.74, 6) is 1.68. The van der Waals surface area contributed by atoms with Crippen molar-refractivity contribution in [3.63, 3.8) is 0 Å². The molecule has 4 atom stereocenters. The first-order valence-corrected chi connectivity index (χ1v) is 5.91. The second kappa shape index (κ2) is 4.39. The van der Waals surface area contributed by atoms with E-state index in [0.29, 0.717) is 12.6 Å². The van der Waals surface area contributed by atoms with Crippen molar-refractivity contribution in [2.24, 2.45) is 11.8 Å². The summed E-state index contributed by atoms with van der Waals surface area (Å²) in [6.45, 7) is 5.19. The van der Waals surface area contributed by atoms with Crippen molar-refractivity contribution >= 4 is 6.09 Å². The second-order valence-electron chi connectivity index (χ2n) is 4.79. The molecule has 3 fully saturated rings. The van der Waals surface area contributed by atoms with Crippen molar-refractivity contribution in [3.05, 3.63) is 0 Å². The molecule has 0 aliphatic carbocycles. The van der Waals surface area contributed by atoms with E-state index in [0.717, 1.165) is 18.4 Å². The Morgan fingerprint density at radius 3 is 2.93 bits per heavy atom. The zero-order chi connectivity index (χ0) is 10.8. The van der Waals surface area contributed by atoms with Crippen LogP contribution in [-0.4, -0.2) is 41.8 Å². The Morgan fingerprint density at radius 1 is 1.60 bits per heavy atom. The van der Waals surface area contributed by atoms with Crippen LogP contribution in [0.3, 0.4) is 0 Å². The number of rotatable bonds is 3. The van der Waals surface area contributed by atoms with E-state index in [9.17, 15) is 4.79 Å². The predicted molar refractivity (Wildman–Crippen MR) is 57.9 cm³/mol. The number of hydrogen-bond acceptors (Lipinski definition) is 2. The Bertz CT molecular complexity index is 245. The van der Waals surface area contributed by atoms with Gasteiger partial charge in [0.1, 0.15) is 0 Å². The first-order valence-electron chi connectivity index (χ1n) is 5.91. The molecule has 0 aromatic rings. The molecule has 0 spiro atoms. The van der Waals surface area contributed by atoms with Gasteiger partial charge in [-0.05, 0) is 31.2 Å². The molecule has 4 nitrogen and oxygen atoms in total. The van der Waals surface area contributed by atoms with Crippen LogP contribution in [0.5, 0.6) is 0 Å². The fourth-order valence-electron chi connectivity index (χ4n) is 3.13. The topological polar surface area (TPSA) is 52.6 Å². The van der Waals surface area contributed by atoms with E-state index >= 15 is 0 Å². The van der Waals surface area contributed by atoms with Crippen molar-refractivity contribution in [1.82, 2.24) is 10.2 Å². The van der Waals surface area contributed by atoms with Crippen LogP contribution in [0.1, 0.15) is 26.2 Å². The number of amides is 1. The van der Waals surface area contributed by atoms with Crippen molar-refractivity contribution < 1.29 is 9.90 Å². The maximum Gasteiger partial charge on any atom is 0.404 e. The smallest absolute Gasteiger partial charge is 0.404 e. The highest BCUT2D eigenvalue weighted by Crippen LogP contribution is 2.37. The van der Waals surface area contributed by atoms with Crippen molar-refractivity contribution in [2.75, 3.05) is 19.6 Å². The maximum atomic E-state index is 10.4. The highest BCUT2D eigenvalue weighted by Gasteiger charge is 2.38. The number of fused-ring (bicyclic) bond motifs is 3. The normalized spacial score (nSPS) is 39.0. The Hall–Kier alpha value is -0.770. The van der Waals surface area contributed by atoms with E-state index in [1.165, 1.54) is 25.8 Å². The minimum atomic E-state index is -0.898. The quantitative estimate of drug-likeness (QED) is 0.743. The highest BCUT2D eigenvalue weighted by atomic mass is 16.4. The predicted octanol–water partition coefficient (Wildman–Crippen LogP) is 1.37. The lowest BCUT2D eigenvalue weighted by atomic mass is 9.74. The van der Waals surface area contributed by atoms with Crippen LogP contribution in [0.2, 0.25) is 0 Å². The third kappa shape index (κ3) is 2.25. The third-order valence-electron chi connectivity index (χ3n) is 4.03. The molecule has 1 unspecified atom stereocenters. The van der Waals surface area contributed by atoms with E-state index in [1.807, 2.05) is 0 Å². The van der Waals surface area contributed by atoms with Crippen LogP contribution in [0.4, 0.5) is 4.79 Å². The average Bonchev–Trinajstić information content (AvgIpc) is 2.27. The SMILES string of the molecule is CC[C@H]1CN2CC[C@H]1C[C@H]2CNC(=O)O. The molecular formula is C11H20N2O2. The second-order valence-corrected chi connectivity index (χ2v) is 4.79. The zero-order valence-electron chi connectivity index (χ0n) is 9.28. The Labute approximate surface area is 90.6 Å².